The number of hydrogen-bond acceptors (Lipinski definition) is 6. The van der Waals surface area contributed by atoms with Gasteiger partial charge in [0.25, 0.3) is 0 Å². The summed E-state index contributed by atoms with van der Waals surface area (Å²) in [6, 6.07) is 5.02. The molecule has 1 aromatic carbocycles. The Balaban J connectivity index is 2.77. The van der Waals surface area contributed by atoms with E-state index >= 15 is 0 Å². The van der Waals surface area contributed by atoms with Crippen LogP contribution in [-0.4, -0.2) is 53.8 Å². The van der Waals surface area contributed by atoms with Gasteiger partial charge in [0.1, 0.15) is 18.5 Å². The van der Waals surface area contributed by atoms with Crippen molar-refractivity contribution in [2.45, 2.75) is 45.3 Å². The Labute approximate surface area is 148 Å². The first-order valence-electron chi connectivity index (χ1n) is 8.25. The highest BCUT2D eigenvalue weighted by Gasteiger charge is 2.17. The molecule has 1 unspecified atom stereocenters. The lowest BCUT2D eigenvalue weighted by Gasteiger charge is -2.23. The number of anilines is 1. The predicted octanol–water partition coefficient (Wildman–Crippen LogP) is 1.90. The number of aliphatic hydroxyl groups is 1. The zero-order chi connectivity index (χ0) is 19.0. The third-order valence-electron chi connectivity index (χ3n) is 3.43. The first-order chi connectivity index (χ1) is 11.6. The maximum atomic E-state index is 12.3. The summed E-state index contributed by atoms with van der Waals surface area (Å²) in [5.41, 5.74) is 0.915. The fraction of sp³-hybridized carbons (Fsp3) is 0.556. The van der Waals surface area contributed by atoms with Crippen molar-refractivity contribution in [2.75, 3.05) is 25.5 Å². The van der Waals surface area contributed by atoms with E-state index in [1.165, 1.54) is 0 Å². The quantitative estimate of drug-likeness (QED) is 0.476. The van der Waals surface area contributed by atoms with Crippen LogP contribution in [0.5, 0.6) is 5.75 Å². The smallest absolute Gasteiger partial charge is 0.303 e. The molecule has 0 fully saturated rings. The minimum Gasteiger partial charge on any atom is -0.490 e. The molecule has 0 aliphatic rings. The molecule has 4 N–H and O–H groups in total. The molecule has 0 radical (unpaired) electrons. The van der Waals surface area contributed by atoms with Crippen LogP contribution < -0.4 is 15.4 Å². The molecule has 1 atom stereocenters. The summed E-state index contributed by atoms with van der Waals surface area (Å²) >= 11 is 0. The molecule has 0 saturated heterocycles. The van der Waals surface area contributed by atoms with E-state index in [9.17, 15) is 14.7 Å². The van der Waals surface area contributed by atoms with Crippen LogP contribution in [0.1, 0.15) is 44.0 Å². The number of benzene rings is 1. The van der Waals surface area contributed by atoms with Gasteiger partial charge < -0.3 is 25.6 Å². The molecule has 0 heterocycles. The first kappa shape index (κ1) is 20.9. The number of carboxylic acids is 1. The largest absolute Gasteiger partial charge is 0.490 e. The number of carbonyl (C=O) groups is 2. The van der Waals surface area contributed by atoms with E-state index < -0.39 is 12.1 Å². The molecule has 0 amide bonds. The summed E-state index contributed by atoms with van der Waals surface area (Å²) in [7, 11) is 1.73. The van der Waals surface area contributed by atoms with Crippen LogP contribution in [0.15, 0.2) is 18.2 Å². The predicted molar refractivity (Wildman–Crippen MR) is 96.4 cm³/mol. The number of carbonyl (C=O) groups excluding carboxylic acids is 1. The van der Waals surface area contributed by atoms with Gasteiger partial charge in [-0.15, -0.1) is 0 Å². The lowest BCUT2D eigenvalue weighted by Crippen LogP contribution is -2.42. The Kier molecular flexibility index (Phi) is 7.86. The van der Waals surface area contributed by atoms with E-state index in [0.29, 0.717) is 17.9 Å². The summed E-state index contributed by atoms with van der Waals surface area (Å²) in [6.07, 6.45) is -1.07. The summed E-state index contributed by atoms with van der Waals surface area (Å²) in [6.45, 7) is 6.38. The Morgan fingerprint density at radius 2 is 1.92 bits per heavy atom. The number of aliphatic carboxylic acids is 1. The maximum absolute atomic E-state index is 12.3. The van der Waals surface area contributed by atoms with Crippen molar-refractivity contribution in [1.29, 1.82) is 0 Å². The molecule has 7 nitrogen and oxygen atoms in total. The van der Waals surface area contributed by atoms with Gasteiger partial charge >= 0.3 is 5.97 Å². The lowest BCUT2D eigenvalue weighted by molar-refractivity contribution is -0.136. The monoisotopic (exact) mass is 352 g/mol. The Morgan fingerprint density at radius 3 is 2.48 bits per heavy atom. The molecular formula is C18H28N2O5. The second-order valence-corrected chi connectivity index (χ2v) is 6.87. The van der Waals surface area contributed by atoms with Crippen molar-refractivity contribution in [3.8, 4) is 5.75 Å². The minimum absolute atomic E-state index is 0.0290. The second kappa shape index (κ2) is 9.39. The highest BCUT2D eigenvalue weighted by atomic mass is 16.5. The van der Waals surface area contributed by atoms with Crippen LogP contribution in [0, 0.1) is 0 Å². The van der Waals surface area contributed by atoms with Gasteiger partial charge in [-0.05, 0) is 39.0 Å². The fourth-order valence-corrected chi connectivity index (χ4v) is 2.05. The van der Waals surface area contributed by atoms with Crippen molar-refractivity contribution >= 4 is 17.4 Å². The van der Waals surface area contributed by atoms with E-state index in [1.54, 1.807) is 25.2 Å². The number of hydrogen-bond donors (Lipinski definition) is 4. The molecule has 0 saturated carbocycles. The Morgan fingerprint density at radius 1 is 1.24 bits per heavy atom. The van der Waals surface area contributed by atoms with Crippen molar-refractivity contribution in [3.63, 3.8) is 0 Å². The zero-order valence-corrected chi connectivity index (χ0v) is 15.3. The van der Waals surface area contributed by atoms with Crippen molar-refractivity contribution in [1.82, 2.24) is 5.32 Å². The number of carboxylic acid groups (broad SMARTS) is 1. The first-order valence-corrected chi connectivity index (χ1v) is 8.25. The van der Waals surface area contributed by atoms with Gasteiger partial charge in [-0.3, -0.25) is 9.59 Å². The van der Waals surface area contributed by atoms with Gasteiger partial charge in [0, 0.05) is 31.2 Å². The van der Waals surface area contributed by atoms with Gasteiger partial charge in [-0.2, -0.15) is 0 Å². The molecule has 0 spiro atoms. The van der Waals surface area contributed by atoms with Gasteiger partial charge in [0.2, 0.25) is 0 Å². The number of aliphatic hydroxyl groups excluding tert-OH is 1. The molecule has 0 aliphatic heterocycles. The number of ether oxygens (including phenoxy) is 1. The number of nitrogens with one attached hydrogen (secondary N) is 2. The summed E-state index contributed by atoms with van der Waals surface area (Å²) < 4.78 is 5.61. The van der Waals surface area contributed by atoms with E-state index in [-0.39, 0.29) is 30.8 Å². The zero-order valence-electron chi connectivity index (χ0n) is 15.3. The highest BCUT2D eigenvalue weighted by molar-refractivity contribution is 6.00. The molecular weight excluding hydrogens is 324 g/mol. The molecule has 1 rings (SSSR count). The molecule has 25 heavy (non-hydrogen) atoms. The Bertz CT molecular complexity index is 596. The Hall–Kier alpha value is -2.12. The SMILES string of the molecule is CNc1ccc(OCC(O)CNC(C)(C)C)c(C(=O)CCC(=O)O)c1. The van der Waals surface area contributed by atoms with Crippen LogP contribution >= 0.6 is 0 Å². The third kappa shape index (κ3) is 8.00. The van der Waals surface area contributed by atoms with Crippen molar-refractivity contribution in [2.24, 2.45) is 0 Å². The van der Waals surface area contributed by atoms with E-state index in [0.717, 1.165) is 5.69 Å². The van der Waals surface area contributed by atoms with Gasteiger partial charge in [0.15, 0.2) is 5.78 Å². The van der Waals surface area contributed by atoms with E-state index in [1.807, 2.05) is 20.8 Å². The average molecular weight is 352 g/mol. The second-order valence-electron chi connectivity index (χ2n) is 6.87. The molecule has 0 aliphatic carbocycles. The van der Waals surface area contributed by atoms with Crippen LogP contribution in [0.25, 0.3) is 0 Å². The normalized spacial score (nSPS) is 12.5. The number of rotatable bonds is 10. The lowest BCUT2D eigenvalue weighted by atomic mass is 10.0. The van der Waals surface area contributed by atoms with Crippen molar-refractivity contribution < 1.29 is 24.5 Å². The fourth-order valence-electron chi connectivity index (χ4n) is 2.05. The molecule has 1 aromatic rings. The molecule has 140 valence electrons. The number of ketones is 1. The topological polar surface area (TPSA) is 108 Å². The molecule has 0 bridgehead atoms. The third-order valence-corrected chi connectivity index (χ3v) is 3.43. The highest BCUT2D eigenvalue weighted by Crippen LogP contribution is 2.25. The molecule has 7 heteroatoms. The minimum atomic E-state index is -1.02. The standard InChI is InChI=1S/C18H28N2O5/c1-18(2,3)20-10-13(21)11-25-16-7-5-12(19-4)9-14(16)15(22)6-8-17(23)24/h5,7,9,13,19-21H,6,8,10-11H2,1-4H3,(H,23,24). The van der Waals surface area contributed by atoms with E-state index in [4.69, 9.17) is 9.84 Å². The average Bonchev–Trinajstić information content (AvgIpc) is 2.55. The van der Waals surface area contributed by atoms with Crippen LogP contribution in [0.4, 0.5) is 5.69 Å². The van der Waals surface area contributed by atoms with E-state index in [2.05, 4.69) is 10.6 Å². The summed E-state index contributed by atoms with van der Waals surface area (Å²) in [4.78, 5) is 23.0. The van der Waals surface area contributed by atoms with Gasteiger partial charge in [-0.1, -0.05) is 0 Å². The number of β-amino-alcohol motifs (C(OH)–C–C–N with tert-alkyl or cyclic N) is 1. The van der Waals surface area contributed by atoms with Crippen LogP contribution in [0.3, 0.4) is 0 Å². The van der Waals surface area contributed by atoms with Crippen molar-refractivity contribution in [3.05, 3.63) is 23.8 Å². The van der Waals surface area contributed by atoms with Crippen LogP contribution in [0.2, 0.25) is 0 Å². The molecule has 0 aromatic heterocycles. The van der Waals surface area contributed by atoms with Gasteiger partial charge in [-0.25, -0.2) is 0 Å². The number of Topliss-reactive ketones (excluding diaryl/α,β-unsaturated/α-hetero) is 1. The summed E-state index contributed by atoms with van der Waals surface area (Å²) in [5.74, 6) is -0.995. The maximum Gasteiger partial charge on any atom is 0.303 e. The van der Waals surface area contributed by atoms with Gasteiger partial charge in [0.05, 0.1) is 12.0 Å². The van der Waals surface area contributed by atoms with Crippen LogP contribution in [-0.2, 0) is 4.79 Å². The summed E-state index contributed by atoms with van der Waals surface area (Å²) in [5, 5.41) is 24.9.